The fourth-order valence-electron chi connectivity index (χ4n) is 0.901. The molecule has 1 rings (SSSR count). The first-order valence-corrected chi connectivity index (χ1v) is 4.60. The molecule has 0 saturated heterocycles. The average molecular weight is 171 g/mol. The Morgan fingerprint density at radius 3 is 2.91 bits per heavy atom. The van der Waals surface area contributed by atoms with Crippen molar-refractivity contribution in [1.82, 2.24) is 0 Å². The van der Waals surface area contributed by atoms with Crippen molar-refractivity contribution in [1.29, 1.82) is 0 Å². The summed E-state index contributed by atoms with van der Waals surface area (Å²) in [6.07, 6.45) is -0.397. The molecule has 0 bridgehead atoms. The summed E-state index contributed by atoms with van der Waals surface area (Å²) in [5.74, 6) is 0.143. The molecule has 2 nitrogen and oxygen atoms in total. The molecule has 0 spiro atoms. The Labute approximate surface area is 70.7 Å². The highest BCUT2D eigenvalue weighted by Gasteiger charge is 2.14. The second-order valence-electron chi connectivity index (χ2n) is 2.71. The fourth-order valence-corrected chi connectivity index (χ4v) is 1.59. The third-order valence-electron chi connectivity index (χ3n) is 1.80. The normalized spacial score (nSPS) is 16.3. The Balaban J connectivity index is 2.62. The van der Waals surface area contributed by atoms with E-state index in [4.69, 9.17) is 5.73 Å². The summed E-state index contributed by atoms with van der Waals surface area (Å²) in [7, 11) is 0. The molecule has 1 aromatic heterocycles. The molecular formula is C8H13NOS. The zero-order valence-corrected chi connectivity index (χ0v) is 7.34. The highest BCUT2D eigenvalue weighted by molar-refractivity contribution is 7.07. The summed E-state index contributed by atoms with van der Waals surface area (Å²) >= 11 is 1.59. The minimum atomic E-state index is -0.397. The molecule has 0 saturated carbocycles. The van der Waals surface area contributed by atoms with Gasteiger partial charge in [0.25, 0.3) is 0 Å². The van der Waals surface area contributed by atoms with E-state index < -0.39 is 6.10 Å². The standard InChI is InChI=1S/C8H13NOS/c1-6(4-9)8(10)7-2-3-11-5-7/h2-3,5-6,8,10H,4,9H2,1H3. The Hall–Kier alpha value is -0.380. The summed E-state index contributed by atoms with van der Waals surface area (Å²) in [5, 5.41) is 13.5. The summed E-state index contributed by atoms with van der Waals surface area (Å²) in [6, 6.07) is 1.93. The minimum Gasteiger partial charge on any atom is -0.388 e. The Bertz CT molecular complexity index is 198. The monoisotopic (exact) mass is 171 g/mol. The van der Waals surface area contributed by atoms with Crippen molar-refractivity contribution in [3.8, 4) is 0 Å². The Morgan fingerprint density at radius 2 is 2.45 bits per heavy atom. The molecule has 0 aromatic carbocycles. The van der Waals surface area contributed by atoms with Gasteiger partial charge >= 0.3 is 0 Å². The molecular weight excluding hydrogens is 158 g/mol. The molecule has 0 aliphatic heterocycles. The first-order valence-electron chi connectivity index (χ1n) is 3.66. The van der Waals surface area contributed by atoms with Gasteiger partial charge in [0.1, 0.15) is 0 Å². The van der Waals surface area contributed by atoms with Crippen molar-refractivity contribution >= 4 is 11.3 Å². The third kappa shape index (κ3) is 2.02. The fraction of sp³-hybridized carbons (Fsp3) is 0.500. The lowest BCUT2D eigenvalue weighted by molar-refractivity contribution is 0.122. The second kappa shape index (κ2) is 3.85. The number of thiophene rings is 1. The lowest BCUT2D eigenvalue weighted by Crippen LogP contribution is -2.18. The van der Waals surface area contributed by atoms with Crippen molar-refractivity contribution < 1.29 is 5.11 Å². The molecule has 0 radical (unpaired) electrons. The van der Waals surface area contributed by atoms with Crippen LogP contribution in [0.5, 0.6) is 0 Å². The highest BCUT2D eigenvalue weighted by Crippen LogP contribution is 2.22. The van der Waals surface area contributed by atoms with Gasteiger partial charge in [0.2, 0.25) is 0 Å². The van der Waals surface area contributed by atoms with E-state index in [0.29, 0.717) is 6.54 Å². The van der Waals surface area contributed by atoms with E-state index in [2.05, 4.69) is 0 Å². The molecule has 62 valence electrons. The van der Waals surface area contributed by atoms with Crippen molar-refractivity contribution in [3.63, 3.8) is 0 Å². The van der Waals surface area contributed by atoms with Crippen LogP contribution < -0.4 is 5.73 Å². The maximum absolute atomic E-state index is 9.60. The van der Waals surface area contributed by atoms with E-state index in [9.17, 15) is 5.11 Å². The summed E-state index contributed by atoms with van der Waals surface area (Å²) in [4.78, 5) is 0. The molecule has 0 fully saturated rings. The molecule has 0 aliphatic carbocycles. The van der Waals surface area contributed by atoms with Gasteiger partial charge in [-0.25, -0.2) is 0 Å². The van der Waals surface area contributed by atoms with Gasteiger partial charge in [0.05, 0.1) is 6.10 Å². The van der Waals surface area contributed by atoms with E-state index in [1.165, 1.54) is 0 Å². The van der Waals surface area contributed by atoms with Crippen LogP contribution in [-0.2, 0) is 0 Å². The molecule has 0 aliphatic rings. The molecule has 2 unspecified atom stereocenters. The number of aliphatic hydroxyl groups is 1. The van der Waals surface area contributed by atoms with Crippen molar-refractivity contribution in [2.24, 2.45) is 11.7 Å². The first kappa shape index (κ1) is 8.71. The molecule has 1 aromatic rings. The second-order valence-corrected chi connectivity index (χ2v) is 3.49. The summed E-state index contributed by atoms with van der Waals surface area (Å²) in [5.41, 5.74) is 6.40. The largest absolute Gasteiger partial charge is 0.388 e. The molecule has 1 heterocycles. The van der Waals surface area contributed by atoms with E-state index in [1.807, 2.05) is 23.8 Å². The molecule has 2 atom stereocenters. The zero-order valence-electron chi connectivity index (χ0n) is 6.53. The van der Waals surface area contributed by atoms with E-state index in [0.717, 1.165) is 5.56 Å². The van der Waals surface area contributed by atoms with Gasteiger partial charge in [-0.2, -0.15) is 11.3 Å². The van der Waals surface area contributed by atoms with Crippen molar-refractivity contribution in [3.05, 3.63) is 22.4 Å². The van der Waals surface area contributed by atoms with Gasteiger partial charge < -0.3 is 10.8 Å². The van der Waals surface area contributed by atoms with E-state index >= 15 is 0 Å². The smallest absolute Gasteiger partial charge is 0.0835 e. The maximum atomic E-state index is 9.60. The Kier molecular flexibility index (Phi) is 3.05. The van der Waals surface area contributed by atoms with Gasteiger partial charge in [-0.3, -0.25) is 0 Å². The van der Waals surface area contributed by atoms with Crippen molar-refractivity contribution in [2.45, 2.75) is 13.0 Å². The van der Waals surface area contributed by atoms with Gasteiger partial charge in [-0.15, -0.1) is 0 Å². The molecule has 11 heavy (non-hydrogen) atoms. The zero-order chi connectivity index (χ0) is 8.27. The van der Waals surface area contributed by atoms with Crippen LogP contribution in [0.1, 0.15) is 18.6 Å². The van der Waals surface area contributed by atoms with Crippen LogP contribution in [0.25, 0.3) is 0 Å². The van der Waals surface area contributed by atoms with Crippen LogP contribution in [0.3, 0.4) is 0 Å². The summed E-state index contributed by atoms with van der Waals surface area (Å²) < 4.78 is 0. The van der Waals surface area contributed by atoms with Crippen molar-refractivity contribution in [2.75, 3.05) is 6.54 Å². The lowest BCUT2D eigenvalue weighted by atomic mass is 10.0. The van der Waals surface area contributed by atoms with Crippen LogP contribution in [0, 0.1) is 5.92 Å². The van der Waals surface area contributed by atoms with Gasteiger partial charge in [-0.1, -0.05) is 6.92 Å². The first-order chi connectivity index (χ1) is 5.25. The summed E-state index contributed by atoms with van der Waals surface area (Å²) in [6.45, 7) is 2.47. The number of nitrogens with two attached hydrogens (primary N) is 1. The van der Waals surface area contributed by atoms with E-state index in [1.54, 1.807) is 11.3 Å². The topological polar surface area (TPSA) is 46.2 Å². The average Bonchev–Trinajstić information content (AvgIpc) is 2.53. The third-order valence-corrected chi connectivity index (χ3v) is 2.50. The number of rotatable bonds is 3. The molecule has 3 N–H and O–H groups in total. The van der Waals surface area contributed by atoms with Gasteiger partial charge in [0.15, 0.2) is 0 Å². The minimum absolute atomic E-state index is 0.143. The van der Waals surface area contributed by atoms with Crippen LogP contribution in [0.15, 0.2) is 16.8 Å². The predicted molar refractivity (Wildman–Crippen MR) is 47.5 cm³/mol. The molecule has 3 heteroatoms. The van der Waals surface area contributed by atoms with Crippen LogP contribution >= 0.6 is 11.3 Å². The lowest BCUT2D eigenvalue weighted by Gasteiger charge is -2.15. The van der Waals surface area contributed by atoms with Crippen LogP contribution in [0.4, 0.5) is 0 Å². The van der Waals surface area contributed by atoms with Gasteiger partial charge in [-0.05, 0) is 34.9 Å². The van der Waals surface area contributed by atoms with Crippen LogP contribution in [0.2, 0.25) is 0 Å². The maximum Gasteiger partial charge on any atom is 0.0835 e. The number of hydrogen-bond acceptors (Lipinski definition) is 3. The SMILES string of the molecule is CC(CN)C(O)c1ccsc1. The quantitative estimate of drug-likeness (QED) is 0.721. The molecule has 0 amide bonds. The van der Waals surface area contributed by atoms with Crippen LogP contribution in [-0.4, -0.2) is 11.7 Å². The van der Waals surface area contributed by atoms with E-state index in [-0.39, 0.29) is 5.92 Å². The highest BCUT2D eigenvalue weighted by atomic mass is 32.1. The Morgan fingerprint density at radius 1 is 1.73 bits per heavy atom. The number of aliphatic hydroxyl groups excluding tert-OH is 1. The van der Waals surface area contributed by atoms with Gasteiger partial charge in [0, 0.05) is 0 Å². The predicted octanol–water partition coefficient (Wildman–Crippen LogP) is 1.38. The number of hydrogen-bond donors (Lipinski definition) is 2.